The summed E-state index contributed by atoms with van der Waals surface area (Å²) in [7, 11) is 0. The van der Waals surface area contributed by atoms with Gasteiger partial charge in [-0.15, -0.1) is 11.6 Å². The topological polar surface area (TPSA) is 17.1 Å². The molecule has 0 N–H and O–H groups in total. The van der Waals surface area contributed by atoms with Gasteiger partial charge in [0.25, 0.3) is 0 Å². The van der Waals surface area contributed by atoms with Crippen molar-refractivity contribution in [3.63, 3.8) is 0 Å². The molecule has 0 unspecified atom stereocenters. The van der Waals surface area contributed by atoms with Crippen molar-refractivity contribution in [1.29, 1.82) is 0 Å². The molecule has 12 heavy (non-hydrogen) atoms. The first-order valence-electron chi connectivity index (χ1n) is 4.63. The molecule has 0 amide bonds. The lowest BCUT2D eigenvalue weighted by atomic mass is 9.80. The van der Waals surface area contributed by atoms with Crippen molar-refractivity contribution in [2.24, 2.45) is 23.7 Å². The molecule has 0 aromatic heterocycles. The number of hydrogen-bond donors (Lipinski definition) is 0. The Morgan fingerprint density at radius 2 is 2.25 bits per heavy atom. The Balaban J connectivity index is 2.00. The first kappa shape index (κ1) is 7.14. The van der Waals surface area contributed by atoms with E-state index in [1.54, 1.807) is 0 Å². The monoisotopic (exact) mass is 182 g/mol. The molecular weight excluding hydrogens is 172 g/mol. The van der Waals surface area contributed by atoms with Gasteiger partial charge >= 0.3 is 0 Å². The minimum atomic E-state index is -0.156. The van der Waals surface area contributed by atoms with Crippen molar-refractivity contribution in [3.05, 3.63) is 12.2 Å². The molecule has 3 aliphatic carbocycles. The van der Waals surface area contributed by atoms with E-state index in [1.165, 1.54) is 0 Å². The van der Waals surface area contributed by atoms with Crippen LogP contribution in [0, 0.1) is 23.7 Å². The molecule has 0 aromatic rings. The molecule has 3 rings (SSSR count). The summed E-state index contributed by atoms with van der Waals surface area (Å²) in [5.74, 6) is 2.34. The summed E-state index contributed by atoms with van der Waals surface area (Å²) in [6.07, 6.45) is 6.67. The van der Waals surface area contributed by atoms with Gasteiger partial charge in [0.2, 0.25) is 0 Å². The highest BCUT2D eigenvalue weighted by Crippen LogP contribution is 2.56. The van der Waals surface area contributed by atoms with Crippen molar-refractivity contribution in [1.82, 2.24) is 0 Å². The number of allylic oxidation sites excluding steroid dienone is 2. The van der Waals surface area contributed by atoms with Crippen LogP contribution in [0.25, 0.3) is 0 Å². The lowest BCUT2D eigenvalue weighted by molar-refractivity contribution is -0.123. The van der Waals surface area contributed by atoms with Gasteiger partial charge in [-0.3, -0.25) is 4.79 Å². The maximum Gasteiger partial charge on any atom is 0.154 e. The highest BCUT2D eigenvalue weighted by molar-refractivity contribution is 6.32. The van der Waals surface area contributed by atoms with Crippen LogP contribution in [0.1, 0.15) is 12.8 Å². The van der Waals surface area contributed by atoms with Crippen LogP contribution >= 0.6 is 11.6 Å². The van der Waals surface area contributed by atoms with Gasteiger partial charge in [0, 0.05) is 5.92 Å². The van der Waals surface area contributed by atoms with Gasteiger partial charge in [-0.1, -0.05) is 12.2 Å². The van der Waals surface area contributed by atoms with Gasteiger partial charge < -0.3 is 0 Å². The number of ketones is 1. The zero-order valence-corrected chi connectivity index (χ0v) is 7.50. The molecule has 0 spiro atoms. The molecule has 64 valence electrons. The molecule has 5 atom stereocenters. The van der Waals surface area contributed by atoms with Crippen molar-refractivity contribution < 1.29 is 4.79 Å². The number of Topliss-reactive ketones (excluding diaryl/α,β-unsaturated/α-hetero) is 1. The SMILES string of the molecule is O=C1[C@@H](Cl)[C@H]2C[C@@H]1[C@H]1C=CC[C@H]12. The van der Waals surface area contributed by atoms with E-state index in [-0.39, 0.29) is 11.3 Å². The Hall–Kier alpha value is -0.300. The molecule has 0 radical (unpaired) electrons. The van der Waals surface area contributed by atoms with Crippen molar-refractivity contribution >= 4 is 17.4 Å². The Labute approximate surface area is 76.8 Å². The van der Waals surface area contributed by atoms with Gasteiger partial charge in [-0.25, -0.2) is 0 Å². The van der Waals surface area contributed by atoms with Gasteiger partial charge in [0.05, 0.1) is 5.38 Å². The van der Waals surface area contributed by atoms with Crippen LogP contribution in [0.2, 0.25) is 0 Å². The predicted molar refractivity (Wildman–Crippen MR) is 47.0 cm³/mol. The van der Waals surface area contributed by atoms with E-state index in [1.807, 2.05) is 0 Å². The fourth-order valence-corrected chi connectivity index (χ4v) is 3.72. The van der Waals surface area contributed by atoms with Crippen molar-refractivity contribution in [2.45, 2.75) is 18.2 Å². The second kappa shape index (κ2) is 2.14. The van der Waals surface area contributed by atoms with Gasteiger partial charge in [0.1, 0.15) is 0 Å². The van der Waals surface area contributed by atoms with E-state index < -0.39 is 0 Å². The highest BCUT2D eigenvalue weighted by atomic mass is 35.5. The first-order chi connectivity index (χ1) is 5.79. The van der Waals surface area contributed by atoms with Crippen LogP contribution in [0.4, 0.5) is 0 Å². The number of carbonyl (C=O) groups is 1. The molecule has 2 bridgehead atoms. The molecule has 2 heteroatoms. The average Bonchev–Trinajstić information content (AvgIpc) is 2.63. The van der Waals surface area contributed by atoms with E-state index >= 15 is 0 Å². The molecule has 3 aliphatic rings. The van der Waals surface area contributed by atoms with Crippen LogP contribution in [0.5, 0.6) is 0 Å². The summed E-state index contributed by atoms with van der Waals surface area (Å²) >= 11 is 6.05. The molecule has 1 nitrogen and oxygen atoms in total. The van der Waals surface area contributed by atoms with E-state index in [0.717, 1.165) is 12.8 Å². The maximum atomic E-state index is 11.5. The second-order valence-corrected chi connectivity index (χ2v) is 4.69. The molecular formula is C10H11ClO. The lowest BCUT2D eigenvalue weighted by Crippen LogP contribution is -2.33. The predicted octanol–water partition coefficient (Wildman–Crippen LogP) is 2.00. The van der Waals surface area contributed by atoms with Crippen LogP contribution in [-0.4, -0.2) is 11.2 Å². The Morgan fingerprint density at radius 1 is 1.42 bits per heavy atom. The zero-order chi connectivity index (χ0) is 8.29. The standard InChI is InChI=1S/C10H11ClO/c11-9-7-4-8(10(9)12)6-3-1-2-5(6)7/h1,3,5-9H,2,4H2/t5-,6+,7+,8-,9+/m1/s1. The molecule has 0 aromatic carbocycles. The molecule has 0 aliphatic heterocycles. The third-order valence-corrected chi connectivity index (χ3v) is 4.35. The highest BCUT2D eigenvalue weighted by Gasteiger charge is 2.56. The Kier molecular flexibility index (Phi) is 1.27. The summed E-state index contributed by atoms with van der Waals surface area (Å²) in [6, 6.07) is 0. The zero-order valence-electron chi connectivity index (χ0n) is 6.74. The summed E-state index contributed by atoms with van der Waals surface area (Å²) in [5.41, 5.74) is 0. The largest absolute Gasteiger partial charge is 0.298 e. The minimum Gasteiger partial charge on any atom is -0.298 e. The summed E-state index contributed by atoms with van der Waals surface area (Å²) in [4.78, 5) is 11.5. The number of alkyl halides is 1. The van der Waals surface area contributed by atoms with E-state index in [4.69, 9.17) is 11.6 Å². The van der Waals surface area contributed by atoms with Crippen LogP contribution in [0.3, 0.4) is 0 Å². The van der Waals surface area contributed by atoms with Crippen LogP contribution in [0.15, 0.2) is 12.2 Å². The quantitative estimate of drug-likeness (QED) is 0.414. The lowest BCUT2D eigenvalue weighted by Gasteiger charge is -2.26. The van der Waals surface area contributed by atoms with Crippen LogP contribution in [-0.2, 0) is 4.79 Å². The van der Waals surface area contributed by atoms with E-state index in [9.17, 15) is 4.79 Å². The van der Waals surface area contributed by atoms with E-state index in [2.05, 4.69) is 12.2 Å². The smallest absolute Gasteiger partial charge is 0.154 e. The third kappa shape index (κ3) is 0.646. The van der Waals surface area contributed by atoms with Crippen molar-refractivity contribution in [3.8, 4) is 0 Å². The summed E-state index contributed by atoms with van der Waals surface area (Å²) in [6.45, 7) is 0. The third-order valence-electron chi connectivity index (χ3n) is 3.81. The van der Waals surface area contributed by atoms with Gasteiger partial charge in [-0.05, 0) is 30.6 Å². The number of carbonyl (C=O) groups excluding carboxylic acids is 1. The summed E-state index contributed by atoms with van der Waals surface area (Å²) < 4.78 is 0. The molecule has 0 heterocycles. The number of fused-ring (bicyclic) bond motifs is 5. The summed E-state index contributed by atoms with van der Waals surface area (Å²) in [5, 5.41) is -0.156. The van der Waals surface area contributed by atoms with E-state index in [0.29, 0.717) is 23.5 Å². The van der Waals surface area contributed by atoms with Gasteiger partial charge in [-0.2, -0.15) is 0 Å². The second-order valence-electron chi connectivity index (χ2n) is 4.22. The molecule has 2 saturated carbocycles. The fourth-order valence-electron chi connectivity index (χ4n) is 3.27. The van der Waals surface area contributed by atoms with Gasteiger partial charge in [0.15, 0.2) is 5.78 Å². The fraction of sp³-hybridized carbons (Fsp3) is 0.700. The Morgan fingerprint density at radius 3 is 3.08 bits per heavy atom. The number of rotatable bonds is 0. The van der Waals surface area contributed by atoms with Crippen molar-refractivity contribution in [2.75, 3.05) is 0 Å². The minimum absolute atomic E-state index is 0.156. The normalized spacial score (nSPS) is 55.1. The number of hydrogen-bond acceptors (Lipinski definition) is 1. The molecule has 2 fully saturated rings. The Bertz CT molecular complexity index is 271. The molecule has 0 saturated heterocycles. The van der Waals surface area contributed by atoms with Crippen LogP contribution < -0.4 is 0 Å². The first-order valence-corrected chi connectivity index (χ1v) is 5.07. The average molecular weight is 183 g/mol. The maximum absolute atomic E-state index is 11.5. The number of halogens is 1.